The Hall–Kier alpha value is -0.940. The molecule has 3 nitrogen and oxygen atoms in total. The number of hydrogen-bond donors (Lipinski definition) is 0. The van der Waals surface area contributed by atoms with Crippen molar-refractivity contribution in [2.45, 2.75) is 37.0 Å². The molecule has 0 spiro atoms. The first kappa shape index (κ1) is 13.5. The highest BCUT2D eigenvalue weighted by molar-refractivity contribution is 7.89. The van der Waals surface area contributed by atoms with Crippen molar-refractivity contribution in [3.05, 3.63) is 30.1 Å². The van der Waals surface area contributed by atoms with Crippen LogP contribution in [0.4, 0.5) is 4.39 Å². The van der Waals surface area contributed by atoms with Crippen molar-refractivity contribution in [2.24, 2.45) is 0 Å². The van der Waals surface area contributed by atoms with Crippen LogP contribution in [0.25, 0.3) is 0 Å². The van der Waals surface area contributed by atoms with Crippen molar-refractivity contribution < 1.29 is 12.8 Å². The molecule has 1 aliphatic heterocycles. The normalized spacial score (nSPS) is 19.2. The molecule has 5 heteroatoms. The molecule has 1 saturated heterocycles. The molecule has 0 atom stereocenters. The third-order valence-corrected chi connectivity index (χ3v) is 5.18. The summed E-state index contributed by atoms with van der Waals surface area (Å²) in [4.78, 5) is 0.185. The molecule has 100 valence electrons. The van der Waals surface area contributed by atoms with Crippen LogP contribution in [0.5, 0.6) is 0 Å². The molecular weight excluding hydrogens is 253 g/mol. The summed E-state index contributed by atoms with van der Waals surface area (Å²) in [6.45, 7) is 1.14. The lowest BCUT2D eigenvalue weighted by atomic mass is 10.1. The van der Waals surface area contributed by atoms with Crippen LogP contribution < -0.4 is 0 Å². The zero-order chi connectivity index (χ0) is 13.0. The molecule has 1 fully saturated rings. The van der Waals surface area contributed by atoms with Gasteiger partial charge >= 0.3 is 0 Å². The van der Waals surface area contributed by atoms with E-state index in [0.29, 0.717) is 13.1 Å². The molecule has 0 unspecified atom stereocenters. The monoisotopic (exact) mass is 271 g/mol. The van der Waals surface area contributed by atoms with Gasteiger partial charge in [-0.3, -0.25) is 0 Å². The summed E-state index contributed by atoms with van der Waals surface area (Å²) >= 11 is 0. The zero-order valence-corrected chi connectivity index (χ0v) is 11.1. The zero-order valence-electron chi connectivity index (χ0n) is 10.3. The number of sulfonamides is 1. The van der Waals surface area contributed by atoms with Crippen molar-refractivity contribution in [1.29, 1.82) is 0 Å². The number of halogens is 1. The van der Waals surface area contributed by atoms with E-state index in [2.05, 4.69) is 0 Å². The first-order valence-corrected chi connectivity index (χ1v) is 7.80. The maximum absolute atomic E-state index is 12.8. The van der Waals surface area contributed by atoms with E-state index in [0.717, 1.165) is 25.7 Å². The first-order chi connectivity index (χ1) is 8.60. The van der Waals surface area contributed by atoms with Crippen LogP contribution in [0.1, 0.15) is 32.1 Å². The second-order valence-electron chi connectivity index (χ2n) is 4.63. The fourth-order valence-electron chi connectivity index (χ4n) is 2.21. The number of rotatable bonds is 2. The fraction of sp³-hybridized carbons (Fsp3) is 0.538. The molecule has 18 heavy (non-hydrogen) atoms. The third-order valence-electron chi connectivity index (χ3n) is 3.27. The largest absolute Gasteiger partial charge is 0.243 e. The van der Waals surface area contributed by atoms with E-state index in [4.69, 9.17) is 0 Å². The summed E-state index contributed by atoms with van der Waals surface area (Å²) in [6.07, 6.45) is 5.15. The van der Waals surface area contributed by atoms with E-state index in [-0.39, 0.29) is 4.90 Å². The molecule has 1 aliphatic rings. The molecule has 0 aromatic heterocycles. The predicted molar refractivity (Wildman–Crippen MR) is 68.2 cm³/mol. The molecule has 0 radical (unpaired) electrons. The van der Waals surface area contributed by atoms with Crippen molar-refractivity contribution in [3.8, 4) is 0 Å². The Morgan fingerprint density at radius 1 is 0.889 bits per heavy atom. The van der Waals surface area contributed by atoms with Gasteiger partial charge in [0.15, 0.2) is 0 Å². The minimum absolute atomic E-state index is 0.185. The first-order valence-electron chi connectivity index (χ1n) is 6.36. The number of benzene rings is 1. The lowest BCUT2D eigenvalue weighted by Gasteiger charge is -2.24. The van der Waals surface area contributed by atoms with Crippen LogP contribution in [-0.2, 0) is 10.0 Å². The SMILES string of the molecule is O=S(=O)(c1ccc(F)cc1)N1CCCCCCC1. The van der Waals surface area contributed by atoms with Gasteiger partial charge in [-0.25, -0.2) is 12.8 Å². The van der Waals surface area contributed by atoms with Crippen LogP contribution in [0.3, 0.4) is 0 Å². The van der Waals surface area contributed by atoms with Crippen molar-refractivity contribution in [2.75, 3.05) is 13.1 Å². The summed E-state index contributed by atoms with van der Waals surface area (Å²) in [5.74, 6) is -0.415. The predicted octanol–water partition coefficient (Wildman–Crippen LogP) is 2.78. The van der Waals surface area contributed by atoms with Gasteiger partial charge in [-0.05, 0) is 37.1 Å². The quantitative estimate of drug-likeness (QED) is 0.829. The van der Waals surface area contributed by atoms with Crippen LogP contribution >= 0.6 is 0 Å². The van der Waals surface area contributed by atoms with Gasteiger partial charge in [0.1, 0.15) is 5.82 Å². The Balaban J connectivity index is 2.20. The van der Waals surface area contributed by atoms with E-state index in [1.54, 1.807) is 0 Å². The number of nitrogens with zero attached hydrogens (tertiary/aromatic N) is 1. The Labute approximate surface area is 108 Å². The van der Waals surface area contributed by atoms with E-state index >= 15 is 0 Å². The van der Waals surface area contributed by atoms with Gasteiger partial charge in [0.25, 0.3) is 0 Å². The van der Waals surface area contributed by atoms with Gasteiger partial charge in [-0.15, -0.1) is 0 Å². The Morgan fingerprint density at radius 3 is 1.94 bits per heavy atom. The van der Waals surface area contributed by atoms with E-state index in [1.165, 1.54) is 35.0 Å². The molecule has 1 heterocycles. The Kier molecular flexibility index (Phi) is 4.35. The molecule has 0 saturated carbocycles. The van der Waals surface area contributed by atoms with Gasteiger partial charge < -0.3 is 0 Å². The summed E-state index contributed by atoms with van der Waals surface area (Å²) in [5, 5.41) is 0. The lowest BCUT2D eigenvalue weighted by Crippen LogP contribution is -2.33. The molecule has 1 aromatic carbocycles. The highest BCUT2D eigenvalue weighted by Crippen LogP contribution is 2.20. The summed E-state index contributed by atoms with van der Waals surface area (Å²) in [6, 6.07) is 5.06. The van der Waals surface area contributed by atoms with Gasteiger partial charge in [-0.2, -0.15) is 4.31 Å². The second kappa shape index (κ2) is 5.80. The molecule has 0 bridgehead atoms. The molecule has 0 aliphatic carbocycles. The Bertz CT molecular complexity index is 476. The van der Waals surface area contributed by atoms with Crippen LogP contribution in [0.15, 0.2) is 29.2 Å². The molecule has 0 amide bonds. The standard InChI is InChI=1S/C13H18FNO2S/c14-12-6-8-13(9-7-12)18(16,17)15-10-4-2-1-3-5-11-15/h6-9H,1-5,10-11H2. The minimum Gasteiger partial charge on any atom is -0.207 e. The van der Waals surface area contributed by atoms with Crippen LogP contribution in [-0.4, -0.2) is 25.8 Å². The average Bonchev–Trinajstić information content (AvgIpc) is 2.28. The topological polar surface area (TPSA) is 37.4 Å². The van der Waals surface area contributed by atoms with Crippen molar-refractivity contribution >= 4 is 10.0 Å². The second-order valence-corrected chi connectivity index (χ2v) is 6.56. The van der Waals surface area contributed by atoms with Crippen LogP contribution in [0, 0.1) is 5.82 Å². The summed E-state index contributed by atoms with van der Waals surface area (Å²) in [7, 11) is -3.45. The van der Waals surface area contributed by atoms with Crippen molar-refractivity contribution in [1.82, 2.24) is 4.31 Å². The lowest BCUT2D eigenvalue weighted by molar-refractivity contribution is 0.364. The van der Waals surface area contributed by atoms with Gasteiger partial charge in [-0.1, -0.05) is 19.3 Å². The highest BCUT2D eigenvalue weighted by Gasteiger charge is 2.24. The maximum atomic E-state index is 12.8. The molecular formula is C13H18FNO2S. The summed E-state index contributed by atoms with van der Waals surface area (Å²) in [5.41, 5.74) is 0. The minimum atomic E-state index is -3.45. The van der Waals surface area contributed by atoms with Gasteiger partial charge in [0.05, 0.1) is 4.90 Å². The van der Waals surface area contributed by atoms with E-state index in [1.807, 2.05) is 0 Å². The Morgan fingerprint density at radius 2 is 1.39 bits per heavy atom. The molecule has 2 rings (SSSR count). The maximum Gasteiger partial charge on any atom is 0.243 e. The van der Waals surface area contributed by atoms with Crippen molar-refractivity contribution in [3.63, 3.8) is 0 Å². The fourth-order valence-corrected chi connectivity index (χ4v) is 3.73. The molecule has 0 N–H and O–H groups in total. The summed E-state index contributed by atoms with van der Waals surface area (Å²) < 4.78 is 39.1. The van der Waals surface area contributed by atoms with Crippen LogP contribution in [0.2, 0.25) is 0 Å². The van der Waals surface area contributed by atoms with Gasteiger partial charge in [0.2, 0.25) is 10.0 Å². The smallest absolute Gasteiger partial charge is 0.207 e. The third kappa shape index (κ3) is 3.09. The molecule has 1 aromatic rings. The van der Waals surface area contributed by atoms with E-state index < -0.39 is 15.8 Å². The highest BCUT2D eigenvalue weighted by atomic mass is 32.2. The average molecular weight is 271 g/mol. The van der Waals surface area contributed by atoms with Gasteiger partial charge in [0, 0.05) is 13.1 Å². The number of hydrogen-bond acceptors (Lipinski definition) is 2. The van der Waals surface area contributed by atoms with E-state index in [9.17, 15) is 12.8 Å².